The SMILES string of the molecule is O=S(=O)(NCc1cccnc1-c1cccs1)c1ccc(-n2cccn2)cc1. The molecule has 3 heterocycles. The predicted molar refractivity (Wildman–Crippen MR) is 105 cm³/mol. The van der Waals surface area contributed by atoms with E-state index in [1.165, 1.54) is 0 Å². The highest BCUT2D eigenvalue weighted by Crippen LogP contribution is 2.26. The Balaban J connectivity index is 1.53. The molecule has 4 aromatic rings. The smallest absolute Gasteiger partial charge is 0.240 e. The lowest BCUT2D eigenvalue weighted by Gasteiger charge is -2.10. The van der Waals surface area contributed by atoms with Crippen LogP contribution >= 0.6 is 11.3 Å². The Hall–Kier alpha value is -2.81. The van der Waals surface area contributed by atoms with Gasteiger partial charge < -0.3 is 0 Å². The molecule has 1 aromatic carbocycles. The minimum Gasteiger partial charge on any atom is -0.255 e. The summed E-state index contributed by atoms with van der Waals surface area (Å²) in [5.74, 6) is 0. The van der Waals surface area contributed by atoms with Crippen molar-refractivity contribution in [2.45, 2.75) is 11.4 Å². The quantitative estimate of drug-likeness (QED) is 0.541. The summed E-state index contributed by atoms with van der Waals surface area (Å²) in [4.78, 5) is 5.62. The fourth-order valence-electron chi connectivity index (χ4n) is 2.67. The number of hydrogen-bond donors (Lipinski definition) is 1. The molecule has 0 saturated heterocycles. The number of aromatic nitrogens is 3. The van der Waals surface area contributed by atoms with Crippen molar-refractivity contribution in [3.63, 3.8) is 0 Å². The van der Waals surface area contributed by atoms with Crippen molar-refractivity contribution in [2.75, 3.05) is 0 Å². The molecule has 4 rings (SSSR count). The van der Waals surface area contributed by atoms with Gasteiger partial charge in [0.2, 0.25) is 10.0 Å². The molecule has 0 unspecified atom stereocenters. The number of hydrogen-bond acceptors (Lipinski definition) is 5. The molecule has 8 heteroatoms. The molecule has 0 amide bonds. The minimum absolute atomic E-state index is 0.171. The number of thiophene rings is 1. The third-order valence-electron chi connectivity index (χ3n) is 4.01. The highest BCUT2D eigenvalue weighted by atomic mass is 32.2. The van der Waals surface area contributed by atoms with Gasteiger partial charge in [0.1, 0.15) is 0 Å². The van der Waals surface area contributed by atoms with E-state index in [0.29, 0.717) is 0 Å². The monoisotopic (exact) mass is 396 g/mol. The second-order valence-electron chi connectivity index (χ2n) is 5.76. The van der Waals surface area contributed by atoms with Crippen LogP contribution in [0.3, 0.4) is 0 Å². The summed E-state index contributed by atoms with van der Waals surface area (Å²) < 4.78 is 29.6. The van der Waals surface area contributed by atoms with Gasteiger partial charge in [-0.05, 0) is 53.4 Å². The predicted octanol–water partition coefficient (Wildman–Crippen LogP) is 3.47. The Morgan fingerprint density at radius 2 is 1.85 bits per heavy atom. The molecule has 0 aliphatic carbocycles. The lowest BCUT2D eigenvalue weighted by molar-refractivity contribution is 0.581. The van der Waals surface area contributed by atoms with Gasteiger partial charge in [-0.1, -0.05) is 12.1 Å². The minimum atomic E-state index is -3.63. The first-order valence-electron chi connectivity index (χ1n) is 8.21. The van der Waals surface area contributed by atoms with Gasteiger partial charge in [0.05, 0.1) is 21.2 Å². The summed E-state index contributed by atoms with van der Waals surface area (Å²) >= 11 is 1.57. The average Bonchev–Trinajstić information content (AvgIpc) is 3.41. The summed E-state index contributed by atoms with van der Waals surface area (Å²) in [6.45, 7) is 0.171. The lowest BCUT2D eigenvalue weighted by atomic mass is 10.2. The van der Waals surface area contributed by atoms with E-state index in [1.54, 1.807) is 64.9 Å². The van der Waals surface area contributed by atoms with Gasteiger partial charge in [0.15, 0.2) is 0 Å². The van der Waals surface area contributed by atoms with E-state index in [9.17, 15) is 8.42 Å². The second-order valence-corrected chi connectivity index (χ2v) is 8.47. The second kappa shape index (κ2) is 7.43. The average molecular weight is 396 g/mol. The molecular weight excluding hydrogens is 380 g/mol. The fourth-order valence-corrected chi connectivity index (χ4v) is 4.43. The number of benzene rings is 1. The number of rotatable bonds is 6. The van der Waals surface area contributed by atoms with Gasteiger partial charge in [-0.25, -0.2) is 17.8 Å². The van der Waals surface area contributed by atoms with Crippen molar-refractivity contribution in [1.82, 2.24) is 19.5 Å². The van der Waals surface area contributed by atoms with Crippen molar-refractivity contribution < 1.29 is 8.42 Å². The standard InChI is InChI=1S/C19H16N4O2S2/c24-27(25,17-8-6-16(7-9-17)23-12-3-11-21-23)22-14-15-4-1-10-20-19(15)18-5-2-13-26-18/h1-13,22H,14H2. The summed E-state index contributed by atoms with van der Waals surface area (Å²) in [5, 5.41) is 6.11. The number of nitrogens with one attached hydrogen (secondary N) is 1. The maximum atomic E-state index is 12.6. The fraction of sp³-hybridized carbons (Fsp3) is 0.0526. The van der Waals surface area contributed by atoms with E-state index < -0.39 is 10.0 Å². The van der Waals surface area contributed by atoms with E-state index in [-0.39, 0.29) is 11.4 Å². The third kappa shape index (κ3) is 3.82. The summed E-state index contributed by atoms with van der Waals surface area (Å²) in [6, 6.07) is 16.0. The van der Waals surface area contributed by atoms with Crippen molar-refractivity contribution in [1.29, 1.82) is 0 Å². The topological polar surface area (TPSA) is 76.9 Å². The maximum Gasteiger partial charge on any atom is 0.240 e. The Kier molecular flexibility index (Phi) is 4.85. The Morgan fingerprint density at radius 3 is 2.56 bits per heavy atom. The Labute approximate surface area is 161 Å². The molecule has 0 atom stereocenters. The van der Waals surface area contributed by atoms with Gasteiger partial charge in [-0.15, -0.1) is 11.3 Å². The first-order chi connectivity index (χ1) is 13.1. The van der Waals surface area contributed by atoms with Crippen LogP contribution in [0.15, 0.2) is 83.5 Å². The molecule has 0 bridgehead atoms. The maximum absolute atomic E-state index is 12.6. The number of pyridine rings is 1. The largest absolute Gasteiger partial charge is 0.255 e. The van der Waals surface area contributed by atoms with Gasteiger partial charge in [-0.2, -0.15) is 5.10 Å². The molecule has 6 nitrogen and oxygen atoms in total. The van der Waals surface area contributed by atoms with E-state index in [2.05, 4.69) is 14.8 Å². The van der Waals surface area contributed by atoms with Gasteiger partial charge in [-0.3, -0.25) is 4.98 Å². The highest BCUT2D eigenvalue weighted by molar-refractivity contribution is 7.89. The highest BCUT2D eigenvalue weighted by Gasteiger charge is 2.16. The van der Waals surface area contributed by atoms with Crippen LogP contribution in [0, 0.1) is 0 Å². The number of sulfonamides is 1. The van der Waals surface area contributed by atoms with Crippen LogP contribution in [-0.2, 0) is 16.6 Å². The molecule has 0 radical (unpaired) electrons. The molecule has 136 valence electrons. The molecule has 27 heavy (non-hydrogen) atoms. The van der Waals surface area contributed by atoms with Crippen LogP contribution < -0.4 is 4.72 Å². The summed E-state index contributed by atoms with van der Waals surface area (Å²) in [5.41, 5.74) is 2.42. The van der Waals surface area contributed by atoms with E-state index in [0.717, 1.165) is 21.8 Å². The van der Waals surface area contributed by atoms with E-state index in [4.69, 9.17) is 0 Å². The molecule has 1 N–H and O–H groups in total. The normalized spacial score (nSPS) is 11.6. The lowest BCUT2D eigenvalue weighted by Crippen LogP contribution is -2.23. The molecule has 0 saturated carbocycles. The van der Waals surface area contributed by atoms with Crippen LogP contribution in [0.4, 0.5) is 0 Å². The van der Waals surface area contributed by atoms with Crippen LogP contribution in [0.1, 0.15) is 5.56 Å². The first kappa shape index (κ1) is 17.6. The zero-order chi connectivity index (χ0) is 18.7. The molecule has 0 fully saturated rings. The van der Waals surface area contributed by atoms with Gasteiger partial charge >= 0.3 is 0 Å². The van der Waals surface area contributed by atoms with Crippen molar-refractivity contribution >= 4 is 21.4 Å². The summed E-state index contributed by atoms with van der Waals surface area (Å²) in [6.07, 6.45) is 5.18. The molecule has 0 aliphatic rings. The van der Waals surface area contributed by atoms with Crippen LogP contribution in [0.2, 0.25) is 0 Å². The molecule has 0 aliphatic heterocycles. The number of nitrogens with zero attached hydrogens (tertiary/aromatic N) is 3. The van der Waals surface area contributed by atoms with Crippen molar-refractivity contribution in [3.05, 3.63) is 84.1 Å². The summed E-state index contributed by atoms with van der Waals surface area (Å²) in [7, 11) is -3.63. The zero-order valence-corrected chi connectivity index (χ0v) is 15.8. The van der Waals surface area contributed by atoms with Crippen molar-refractivity contribution in [3.8, 4) is 16.3 Å². The van der Waals surface area contributed by atoms with Crippen LogP contribution in [0.5, 0.6) is 0 Å². The Bertz CT molecular complexity index is 1120. The molecule has 0 spiro atoms. The Morgan fingerprint density at radius 1 is 1.00 bits per heavy atom. The van der Waals surface area contributed by atoms with Crippen molar-refractivity contribution in [2.24, 2.45) is 0 Å². The van der Waals surface area contributed by atoms with Gasteiger partial charge in [0, 0.05) is 25.1 Å². The van der Waals surface area contributed by atoms with E-state index in [1.807, 2.05) is 29.6 Å². The van der Waals surface area contributed by atoms with E-state index >= 15 is 0 Å². The molecular formula is C19H16N4O2S2. The first-order valence-corrected chi connectivity index (χ1v) is 10.6. The van der Waals surface area contributed by atoms with Crippen LogP contribution in [0.25, 0.3) is 16.3 Å². The zero-order valence-electron chi connectivity index (χ0n) is 14.2. The van der Waals surface area contributed by atoms with Crippen LogP contribution in [-0.4, -0.2) is 23.2 Å². The third-order valence-corrected chi connectivity index (χ3v) is 6.31. The van der Waals surface area contributed by atoms with Gasteiger partial charge in [0.25, 0.3) is 0 Å². The molecule has 3 aromatic heterocycles.